The fraction of sp³-hybridized carbons (Fsp3) is 0.692. The number of rotatable bonds is 6. The van der Waals surface area contributed by atoms with Crippen LogP contribution in [0.2, 0.25) is 0 Å². The van der Waals surface area contributed by atoms with Gasteiger partial charge in [-0.05, 0) is 37.2 Å². The lowest BCUT2D eigenvalue weighted by atomic mass is 10.2. The van der Waals surface area contributed by atoms with Gasteiger partial charge in [-0.25, -0.2) is 9.97 Å². The number of nitrogens with zero attached hydrogens (tertiary/aromatic N) is 3. The number of hydrogen-bond acceptors (Lipinski definition) is 3. The standard InChI is InChI=1S/C13H19N3/c1-2-11(1)6-8-16(9-12-3-4-12)13-5-7-14-10-15-13/h5,7,10-12H,1-4,6,8-9H2. The van der Waals surface area contributed by atoms with Crippen molar-refractivity contribution < 1.29 is 0 Å². The average molecular weight is 217 g/mol. The minimum absolute atomic E-state index is 0.925. The molecule has 0 unspecified atom stereocenters. The summed E-state index contributed by atoms with van der Waals surface area (Å²) in [6.45, 7) is 2.38. The predicted molar refractivity (Wildman–Crippen MR) is 64.3 cm³/mol. The fourth-order valence-corrected chi connectivity index (χ4v) is 2.13. The molecule has 0 aromatic carbocycles. The molecule has 0 spiro atoms. The molecule has 0 radical (unpaired) electrons. The van der Waals surface area contributed by atoms with Crippen LogP contribution < -0.4 is 4.90 Å². The molecule has 2 fully saturated rings. The third-order valence-corrected chi connectivity index (χ3v) is 3.57. The SMILES string of the molecule is c1cc(N(CCC2CC2)CC2CC2)ncn1. The molecule has 0 atom stereocenters. The number of hydrogen-bond donors (Lipinski definition) is 0. The van der Waals surface area contributed by atoms with E-state index in [9.17, 15) is 0 Å². The van der Waals surface area contributed by atoms with E-state index in [0.717, 1.165) is 17.7 Å². The number of anilines is 1. The Morgan fingerprint density at radius 1 is 1.19 bits per heavy atom. The van der Waals surface area contributed by atoms with Crippen molar-refractivity contribution in [2.24, 2.45) is 11.8 Å². The van der Waals surface area contributed by atoms with Gasteiger partial charge in [0, 0.05) is 19.3 Å². The molecule has 3 nitrogen and oxygen atoms in total. The van der Waals surface area contributed by atoms with Crippen molar-refractivity contribution in [2.45, 2.75) is 32.1 Å². The molecule has 16 heavy (non-hydrogen) atoms. The molecule has 0 amide bonds. The smallest absolute Gasteiger partial charge is 0.131 e. The molecule has 2 saturated carbocycles. The largest absolute Gasteiger partial charge is 0.356 e. The topological polar surface area (TPSA) is 29.0 Å². The Morgan fingerprint density at radius 3 is 2.62 bits per heavy atom. The third-order valence-electron chi connectivity index (χ3n) is 3.57. The van der Waals surface area contributed by atoms with Crippen molar-refractivity contribution in [3.8, 4) is 0 Å². The summed E-state index contributed by atoms with van der Waals surface area (Å²) < 4.78 is 0. The van der Waals surface area contributed by atoms with E-state index in [4.69, 9.17) is 0 Å². The van der Waals surface area contributed by atoms with E-state index in [1.54, 1.807) is 6.33 Å². The van der Waals surface area contributed by atoms with Crippen molar-refractivity contribution >= 4 is 5.82 Å². The Labute approximate surface area is 96.9 Å². The Balaban J connectivity index is 1.62. The maximum absolute atomic E-state index is 4.37. The Morgan fingerprint density at radius 2 is 2.00 bits per heavy atom. The lowest BCUT2D eigenvalue weighted by molar-refractivity contribution is 0.644. The minimum atomic E-state index is 0.925. The average Bonchev–Trinajstić information content (AvgIpc) is 3.19. The van der Waals surface area contributed by atoms with Crippen LogP contribution in [0.1, 0.15) is 32.1 Å². The van der Waals surface area contributed by atoms with Gasteiger partial charge in [0.05, 0.1) is 0 Å². The first-order valence-corrected chi connectivity index (χ1v) is 6.43. The van der Waals surface area contributed by atoms with E-state index >= 15 is 0 Å². The molecular weight excluding hydrogens is 198 g/mol. The minimum Gasteiger partial charge on any atom is -0.356 e. The van der Waals surface area contributed by atoms with Crippen LogP contribution >= 0.6 is 0 Å². The van der Waals surface area contributed by atoms with Crippen molar-refractivity contribution in [2.75, 3.05) is 18.0 Å². The Bertz CT molecular complexity index is 330. The normalized spacial score (nSPS) is 19.8. The van der Waals surface area contributed by atoms with E-state index in [0.29, 0.717) is 0 Å². The molecule has 86 valence electrons. The van der Waals surface area contributed by atoms with Crippen LogP contribution in [0.15, 0.2) is 18.6 Å². The summed E-state index contributed by atoms with van der Waals surface area (Å²) >= 11 is 0. The van der Waals surface area contributed by atoms with Gasteiger partial charge in [0.25, 0.3) is 0 Å². The van der Waals surface area contributed by atoms with Gasteiger partial charge < -0.3 is 4.90 Å². The van der Waals surface area contributed by atoms with E-state index < -0.39 is 0 Å². The summed E-state index contributed by atoms with van der Waals surface area (Å²) in [7, 11) is 0. The highest BCUT2D eigenvalue weighted by Gasteiger charge is 2.27. The molecule has 2 aliphatic rings. The van der Waals surface area contributed by atoms with Crippen molar-refractivity contribution in [1.29, 1.82) is 0 Å². The van der Waals surface area contributed by atoms with Crippen molar-refractivity contribution in [3.63, 3.8) is 0 Å². The zero-order valence-corrected chi connectivity index (χ0v) is 9.68. The highest BCUT2D eigenvalue weighted by molar-refractivity contribution is 5.36. The van der Waals surface area contributed by atoms with E-state index in [1.807, 2.05) is 12.3 Å². The molecule has 0 bridgehead atoms. The van der Waals surface area contributed by atoms with Crippen LogP contribution in [0.3, 0.4) is 0 Å². The van der Waals surface area contributed by atoms with E-state index in [1.165, 1.54) is 45.2 Å². The van der Waals surface area contributed by atoms with Crippen molar-refractivity contribution in [3.05, 3.63) is 18.6 Å². The summed E-state index contributed by atoms with van der Waals surface area (Å²) in [5.74, 6) is 3.04. The summed E-state index contributed by atoms with van der Waals surface area (Å²) in [5, 5.41) is 0. The van der Waals surface area contributed by atoms with Gasteiger partial charge in [0.1, 0.15) is 12.1 Å². The first-order chi connectivity index (χ1) is 7.92. The van der Waals surface area contributed by atoms with Crippen LogP contribution in [0.4, 0.5) is 5.82 Å². The first-order valence-electron chi connectivity index (χ1n) is 6.43. The Kier molecular flexibility index (Phi) is 2.77. The molecule has 1 aromatic rings. The summed E-state index contributed by atoms with van der Waals surface area (Å²) in [6.07, 6.45) is 10.6. The van der Waals surface area contributed by atoms with Gasteiger partial charge in [-0.1, -0.05) is 12.8 Å². The summed E-state index contributed by atoms with van der Waals surface area (Å²) in [4.78, 5) is 10.8. The van der Waals surface area contributed by atoms with Crippen LogP contribution in [0.25, 0.3) is 0 Å². The van der Waals surface area contributed by atoms with Crippen molar-refractivity contribution in [1.82, 2.24) is 9.97 Å². The molecule has 0 saturated heterocycles. The first kappa shape index (κ1) is 10.1. The fourth-order valence-electron chi connectivity index (χ4n) is 2.13. The van der Waals surface area contributed by atoms with E-state index in [2.05, 4.69) is 14.9 Å². The zero-order valence-electron chi connectivity index (χ0n) is 9.68. The molecule has 1 aromatic heterocycles. The highest BCUT2D eigenvalue weighted by atomic mass is 15.2. The molecule has 2 aliphatic carbocycles. The number of aromatic nitrogens is 2. The van der Waals surface area contributed by atoms with Gasteiger partial charge in [-0.2, -0.15) is 0 Å². The third kappa shape index (κ3) is 2.71. The molecular formula is C13H19N3. The molecule has 3 heteroatoms. The highest BCUT2D eigenvalue weighted by Crippen LogP contribution is 2.34. The molecule has 1 heterocycles. The van der Waals surface area contributed by atoms with Gasteiger partial charge >= 0.3 is 0 Å². The van der Waals surface area contributed by atoms with Crippen LogP contribution in [0, 0.1) is 11.8 Å². The summed E-state index contributed by atoms with van der Waals surface area (Å²) in [6, 6.07) is 2.04. The quantitative estimate of drug-likeness (QED) is 0.733. The maximum Gasteiger partial charge on any atom is 0.131 e. The van der Waals surface area contributed by atoms with Gasteiger partial charge in [0.15, 0.2) is 0 Å². The van der Waals surface area contributed by atoms with Gasteiger partial charge in [-0.3, -0.25) is 0 Å². The van der Waals surface area contributed by atoms with Crippen LogP contribution in [0.5, 0.6) is 0 Å². The lowest BCUT2D eigenvalue weighted by Crippen LogP contribution is -2.28. The monoisotopic (exact) mass is 217 g/mol. The van der Waals surface area contributed by atoms with Crippen LogP contribution in [-0.4, -0.2) is 23.1 Å². The second-order valence-electron chi connectivity index (χ2n) is 5.19. The summed E-state index contributed by atoms with van der Waals surface area (Å²) in [5.41, 5.74) is 0. The van der Waals surface area contributed by atoms with E-state index in [-0.39, 0.29) is 0 Å². The molecule has 3 rings (SSSR count). The lowest BCUT2D eigenvalue weighted by Gasteiger charge is -2.23. The van der Waals surface area contributed by atoms with Gasteiger partial charge in [-0.15, -0.1) is 0 Å². The zero-order chi connectivity index (χ0) is 10.8. The molecule has 0 N–H and O–H groups in total. The van der Waals surface area contributed by atoms with Gasteiger partial charge in [0.2, 0.25) is 0 Å². The predicted octanol–water partition coefficient (Wildman–Crippen LogP) is 2.49. The van der Waals surface area contributed by atoms with Crippen LogP contribution in [-0.2, 0) is 0 Å². The molecule has 0 aliphatic heterocycles. The second kappa shape index (κ2) is 4.40. The maximum atomic E-state index is 4.37. The Hall–Kier alpha value is -1.12. The second-order valence-corrected chi connectivity index (χ2v) is 5.19.